The first-order valence-electron chi connectivity index (χ1n) is 4.52. The molecule has 0 unspecified atom stereocenters. The Morgan fingerprint density at radius 3 is 2.71 bits per heavy atom. The van der Waals surface area contributed by atoms with Crippen molar-refractivity contribution in [2.75, 3.05) is 6.54 Å². The van der Waals surface area contributed by atoms with E-state index in [1.165, 1.54) is 6.20 Å². The molecule has 8 heteroatoms. The quantitative estimate of drug-likeness (QED) is 0.707. The maximum absolute atomic E-state index is 11.9. The number of H-pyrrole nitrogens is 1. The van der Waals surface area contributed by atoms with E-state index in [1.807, 2.05) is 5.32 Å². The predicted octanol–water partition coefficient (Wildman–Crippen LogP) is 0.0279. The van der Waals surface area contributed by atoms with E-state index in [-0.39, 0.29) is 5.69 Å². The van der Waals surface area contributed by atoms with Crippen LogP contribution in [-0.4, -0.2) is 34.8 Å². The van der Waals surface area contributed by atoms with Gasteiger partial charge in [-0.1, -0.05) is 0 Å². The lowest BCUT2D eigenvalue weighted by Crippen LogP contribution is -2.41. The highest BCUT2D eigenvalue weighted by molar-refractivity contribution is 5.92. The van der Waals surface area contributed by atoms with Gasteiger partial charge in [-0.15, -0.1) is 0 Å². The van der Waals surface area contributed by atoms with Gasteiger partial charge in [0, 0.05) is 18.3 Å². The van der Waals surface area contributed by atoms with Crippen molar-refractivity contribution in [2.45, 2.75) is 12.3 Å². The lowest BCUT2D eigenvalue weighted by molar-refractivity contribution is -0.201. The molecule has 1 rings (SSSR count). The normalized spacial score (nSPS) is 13.2. The molecular formula is C9H9F3N2O3. The van der Waals surface area contributed by atoms with E-state index in [0.29, 0.717) is 0 Å². The number of halogens is 3. The van der Waals surface area contributed by atoms with Crippen LogP contribution in [0.1, 0.15) is 10.5 Å². The summed E-state index contributed by atoms with van der Waals surface area (Å²) < 4.78 is 35.7. The zero-order valence-corrected chi connectivity index (χ0v) is 8.41. The largest absolute Gasteiger partial charge is 0.416 e. The van der Waals surface area contributed by atoms with Crippen molar-refractivity contribution in [1.82, 2.24) is 10.3 Å². The minimum atomic E-state index is -4.79. The summed E-state index contributed by atoms with van der Waals surface area (Å²) in [5.74, 6) is -0.897. The zero-order chi connectivity index (χ0) is 13.1. The van der Waals surface area contributed by atoms with Gasteiger partial charge in [-0.2, -0.15) is 13.2 Å². The number of pyridine rings is 1. The fourth-order valence-corrected chi connectivity index (χ4v) is 0.977. The van der Waals surface area contributed by atoms with Crippen molar-refractivity contribution >= 4 is 5.91 Å². The summed E-state index contributed by atoms with van der Waals surface area (Å²) >= 11 is 0. The number of aliphatic hydroxyl groups is 1. The van der Waals surface area contributed by atoms with Crippen molar-refractivity contribution in [3.05, 3.63) is 34.2 Å². The topological polar surface area (TPSA) is 82.2 Å². The molecule has 1 heterocycles. The molecule has 1 aromatic heterocycles. The number of alkyl halides is 3. The number of amides is 1. The summed E-state index contributed by atoms with van der Waals surface area (Å²) in [6.45, 7) is -0.973. The molecule has 1 aromatic rings. The highest BCUT2D eigenvalue weighted by Crippen LogP contribution is 2.19. The first-order valence-corrected chi connectivity index (χ1v) is 4.52. The van der Waals surface area contributed by atoms with Crippen LogP contribution in [0.3, 0.4) is 0 Å². The van der Waals surface area contributed by atoms with Gasteiger partial charge >= 0.3 is 6.18 Å². The van der Waals surface area contributed by atoms with E-state index in [2.05, 4.69) is 4.98 Å². The van der Waals surface area contributed by atoms with Crippen LogP contribution in [0.15, 0.2) is 23.1 Å². The summed E-state index contributed by atoms with van der Waals surface area (Å²) in [6.07, 6.45) is -6.24. The van der Waals surface area contributed by atoms with Gasteiger partial charge in [-0.3, -0.25) is 9.59 Å². The van der Waals surface area contributed by atoms with Crippen LogP contribution in [0.2, 0.25) is 0 Å². The molecule has 0 aliphatic rings. The van der Waals surface area contributed by atoms with Gasteiger partial charge in [0.1, 0.15) is 5.69 Å². The van der Waals surface area contributed by atoms with E-state index in [1.54, 1.807) is 0 Å². The lowest BCUT2D eigenvalue weighted by Gasteiger charge is -2.14. The van der Waals surface area contributed by atoms with Crippen molar-refractivity contribution in [2.24, 2.45) is 0 Å². The standard InChI is InChI=1S/C9H9F3N2O3/c10-9(11,12)7(16)4-14-8(17)6-3-5(15)1-2-13-6/h1-3,7,16H,4H2,(H,13,15)(H,14,17)/t7-/m0/s1. The minimum Gasteiger partial charge on any atom is -0.382 e. The van der Waals surface area contributed by atoms with Crippen molar-refractivity contribution in [1.29, 1.82) is 0 Å². The second-order valence-electron chi connectivity index (χ2n) is 3.21. The first-order chi connectivity index (χ1) is 7.80. The van der Waals surface area contributed by atoms with Gasteiger partial charge in [-0.25, -0.2) is 0 Å². The Labute approximate surface area is 93.3 Å². The van der Waals surface area contributed by atoms with E-state index < -0.39 is 30.2 Å². The Balaban J connectivity index is 2.60. The summed E-state index contributed by atoms with van der Waals surface area (Å²) in [6, 6.07) is 2.09. The number of aliphatic hydroxyl groups excluding tert-OH is 1. The molecule has 5 nitrogen and oxygen atoms in total. The molecule has 17 heavy (non-hydrogen) atoms. The first kappa shape index (κ1) is 13.2. The molecule has 0 aromatic carbocycles. The van der Waals surface area contributed by atoms with Gasteiger partial charge < -0.3 is 15.4 Å². The molecule has 0 fully saturated rings. The fourth-order valence-electron chi connectivity index (χ4n) is 0.977. The molecule has 1 atom stereocenters. The molecule has 0 radical (unpaired) electrons. The Morgan fingerprint density at radius 1 is 1.53 bits per heavy atom. The van der Waals surface area contributed by atoms with Gasteiger partial charge in [-0.05, 0) is 0 Å². The van der Waals surface area contributed by atoms with E-state index in [9.17, 15) is 22.8 Å². The number of nitrogens with one attached hydrogen (secondary N) is 2. The van der Waals surface area contributed by atoms with Gasteiger partial charge in [0.2, 0.25) is 0 Å². The molecule has 0 bridgehead atoms. The Kier molecular flexibility index (Phi) is 3.89. The Bertz CT molecular complexity index is 455. The molecule has 3 N–H and O–H groups in total. The van der Waals surface area contributed by atoms with E-state index >= 15 is 0 Å². The third-order valence-corrected chi connectivity index (χ3v) is 1.85. The number of hydrogen-bond donors (Lipinski definition) is 3. The third kappa shape index (κ3) is 3.91. The van der Waals surface area contributed by atoms with Crippen LogP contribution < -0.4 is 10.7 Å². The number of aromatic amines is 1. The molecule has 94 valence electrons. The fraction of sp³-hybridized carbons (Fsp3) is 0.333. The number of aromatic nitrogens is 1. The summed E-state index contributed by atoms with van der Waals surface area (Å²) in [4.78, 5) is 24.5. The summed E-state index contributed by atoms with van der Waals surface area (Å²) in [5, 5.41) is 10.5. The maximum Gasteiger partial charge on any atom is 0.416 e. The average molecular weight is 250 g/mol. The number of carbonyl (C=O) groups excluding carboxylic acids is 1. The highest BCUT2D eigenvalue weighted by atomic mass is 19.4. The Hall–Kier alpha value is -1.83. The minimum absolute atomic E-state index is 0.174. The van der Waals surface area contributed by atoms with Gasteiger partial charge in [0.05, 0.1) is 6.54 Å². The molecule has 0 aliphatic carbocycles. The third-order valence-electron chi connectivity index (χ3n) is 1.85. The molecular weight excluding hydrogens is 241 g/mol. The van der Waals surface area contributed by atoms with Crippen LogP contribution in [0.4, 0.5) is 13.2 Å². The second kappa shape index (κ2) is 5.00. The van der Waals surface area contributed by atoms with Crippen molar-refractivity contribution in [3.8, 4) is 0 Å². The van der Waals surface area contributed by atoms with Crippen LogP contribution in [0.25, 0.3) is 0 Å². The summed E-state index contributed by atoms with van der Waals surface area (Å²) in [5.41, 5.74) is -0.628. The molecule has 0 aliphatic heterocycles. The lowest BCUT2D eigenvalue weighted by atomic mass is 10.3. The maximum atomic E-state index is 11.9. The summed E-state index contributed by atoms with van der Waals surface area (Å²) in [7, 11) is 0. The number of carbonyl (C=O) groups is 1. The van der Waals surface area contributed by atoms with Crippen molar-refractivity contribution < 1.29 is 23.1 Å². The molecule has 0 spiro atoms. The molecule has 1 amide bonds. The number of hydrogen-bond acceptors (Lipinski definition) is 3. The average Bonchev–Trinajstić information content (AvgIpc) is 2.24. The van der Waals surface area contributed by atoms with Crippen LogP contribution >= 0.6 is 0 Å². The van der Waals surface area contributed by atoms with Crippen LogP contribution in [0.5, 0.6) is 0 Å². The van der Waals surface area contributed by atoms with Gasteiger partial charge in [0.15, 0.2) is 11.5 Å². The zero-order valence-electron chi connectivity index (χ0n) is 8.41. The monoisotopic (exact) mass is 250 g/mol. The SMILES string of the molecule is O=C(NC[C@H](O)C(F)(F)F)c1cc(=O)cc[nH]1. The molecule has 0 saturated heterocycles. The van der Waals surface area contributed by atoms with Crippen LogP contribution in [0, 0.1) is 0 Å². The predicted molar refractivity (Wildman–Crippen MR) is 51.5 cm³/mol. The highest BCUT2D eigenvalue weighted by Gasteiger charge is 2.38. The Morgan fingerprint density at radius 2 is 2.18 bits per heavy atom. The molecule has 0 saturated carbocycles. The second-order valence-corrected chi connectivity index (χ2v) is 3.21. The van der Waals surface area contributed by atoms with Crippen molar-refractivity contribution in [3.63, 3.8) is 0 Å². The number of rotatable bonds is 3. The van der Waals surface area contributed by atoms with Gasteiger partial charge in [0.25, 0.3) is 5.91 Å². The van der Waals surface area contributed by atoms with Crippen LogP contribution in [-0.2, 0) is 0 Å². The van der Waals surface area contributed by atoms with E-state index in [4.69, 9.17) is 5.11 Å². The smallest absolute Gasteiger partial charge is 0.382 e. The van der Waals surface area contributed by atoms with E-state index in [0.717, 1.165) is 12.1 Å².